The lowest BCUT2D eigenvalue weighted by molar-refractivity contribution is -0.121. The lowest BCUT2D eigenvalue weighted by Gasteiger charge is -2.17. The van der Waals surface area contributed by atoms with Gasteiger partial charge in [0, 0.05) is 17.6 Å². The number of carbonyl (C=O) groups excluding carboxylic acids is 2. The van der Waals surface area contributed by atoms with Gasteiger partial charge >= 0.3 is 5.97 Å². The third-order valence-corrected chi connectivity index (χ3v) is 4.93. The van der Waals surface area contributed by atoms with Gasteiger partial charge < -0.3 is 14.2 Å². The number of nitrogens with zero attached hydrogens (tertiary/aromatic N) is 3. The lowest BCUT2D eigenvalue weighted by Crippen LogP contribution is -2.31. The lowest BCUT2D eigenvalue weighted by atomic mass is 10.2. The van der Waals surface area contributed by atoms with Crippen LogP contribution in [0.3, 0.4) is 0 Å². The van der Waals surface area contributed by atoms with Crippen molar-refractivity contribution in [1.82, 2.24) is 10.1 Å². The quantitative estimate of drug-likeness (QED) is 0.445. The molecule has 8 heteroatoms. The van der Waals surface area contributed by atoms with Gasteiger partial charge in [0.15, 0.2) is 12.4 Å². The fourth-order valence-corrected chi connectivity index (χ4v) is 3.27. The molecular weight excluding hydrogens is 378 g/mol. The second-order valence-corrected chi connectivity index (χ2v) is 6.90. The van der Waals surface area contributed by atoms with E-state index in [2.05, 4.69) is 10.1 Å². The number of ether oxygens (including phenoxy) is 1. The molecular formula is C20H19N3O4S. The third kappa shape index (κ3) is 4.98. The predicted molar refractivity (Wildman–Crippen MR) is 105 cm³/mol. The van der Waals surface area contributed by atoms with Crippen LogP contribution in [0.2, 0.25) is 0 Å². The summed E-state index contributed by atoms with van der Waals surface area (Å²) in [5, 5.41) is 3.74. The van der Waals surface area contributed by atoms with Gasteiger partial charge in [0.05, 0.1) is 11.3 Å². The fourth-order valence-electron chi connectivity index (χ4n) is 2.40. The van der Waals surface area contributed by atoms with E-state index in [0.29, 0.717) is 27.9 Å². The summed E-state index contributed by atoms with van der Waals surface area (Å²) in [6.07, 6.45) is 0. The number of likely N-dealkylation sites (N-methyl/N-ethyl adjacent to an activating group) is 1. The van der Waals surface area contributed by atoms with Crippen molar-refractivity contribution in [2.24, 2.45) is 0 Å². The summed E-state index contributed by atoms with van der Waals surface area (Å²) in [4.78, 5) is 31.1. The summed E-state index contributed by atoms with van der Waals surface area (Å²) in [6.45, 7) is 1.40. The molecule has 1 amide bonds. The van der Waals surface area contributed by atoms with Crippen LogP contribution >= 0.6 is 11.8 Å². The van der Waals surface area contributed by atoms with Crippen LogP contribution in [0, 0.1) is 6.92 Å². The normalized spacial score (nSPS) is 10.5. The molecule has 0 radical (unpaired) electrons. The number of aryl methyl sites for hydroxylation is 1. The van der Waals surface area contributed by atoms with E-state index in [1.807, 2.05) is 42.5 Å². The van der Waals surface area contributed by atoms with Gasteiger partial charge in [-0.25, -0.2) is 4.79 Å². The van der Waals surface area contributed by atoms with E-state index in [9.17, 15) is 9.59 Å². The molecule has 0 saturated carbocycles. The van der Waals surface area contributed by atoms with Crippen LogP contribution in [0.25, 0.3) is 0 Å². The molecule has 144 valence electrons. The van der Waals surface area contributed by atoms with Crippen LogP contribution in [0.1, 0.15) is 22.1 Å². The van der Waals surface area contributed by atoms with E-state index < -0.39 is 5.97 Å². The zero-order valence-electron chi connectivity index (χ0n) is 15.5. The Kier molecular flexibility index (Phi) is 6.44. The number of benzene rings is 2. The Bertz CT molecular complexity index is 959. The minimum absolute atomic E-state index is 0.314. The summed E-state index contributed by atoms with van der Waals surface area (Å²) < 4.78 is 10.3. The fraction of sp³-hybridized carbons (Fsp3) is 0.200. The number of hydrogen-bond acceptors (Lipinski definition) is 7. The summed E-state index contributed by atoms with van der Waals surface area (Å²) in [5.74, 6) is 0.598. The Morgan fingerprint density at radius 2 is 1.82 bits per heavy atom. The predicted octanol–water partition coefficient (Wildman–Crippen LogP) is 3.49. The van der Waals surface area contributed by atoms with E-state index >= 15 is 0 Å². The van der Waals surface area contributed by atoms with Crippen LogP contribution in [0.4, 0.5) is 5.69 Å². The minimum atomic E-state index is -0.556. The summed E-state index contributed by atoms with van der Waals surface area (Å²) in [7, 11) is 1.64. The van der Waals surface area contributed by atoms with E-state index in [1.165, 1.54) is 16.7 Å². The molecule has 0 bridgehead atoms. The molecule has 0 aliphatic carbocycles. The highest BCUT2D eigenvalue weighted by Gasteiger charge is 2.17. The third-order valence-electron chi connectivity index (χ3n) is 3.87. The zero-order chi connectivity index (χ0) is 19.9. The van der Waals surface area contributed by atoms with Gasteiger partial charge in [-0.1, -0.05) is 35.5 Å². The smallest absolute Gasteiger partial charge is 0.339 e. The van der Waals surface area contributed by atoms with Crippen molar-refractivity contribution in [3.63, 3.8) is 0 Å². The summed E-state index contributed by atoms with van der Waals surface area (Å²) in [5.41, 5.74) is 1.12. The Labute approximate surface area is 166 Å². The highest BCUT2D eigenvalue weighted by molar-refractivity contribution is 7.98. The monoisotopic (exact) mass is 397 g/mol. The molecule has 0 fully saturated rings. The SMILES string of the molecule is Cc1noc(CSc2ccccc2C(=O)OCC(=O)N(C)c2ccccc2)n1. The topological polar surface area (TPSA) is 85.5 Å². The number of para-hydroxylation sites is 1. The van der Waals surface area contributed by atoms with E-state index in [0.717, 1.165) is 5.69 Å². The highest BCUT2D eigenvalue weighted by atomic mass is 32.2. The van der Waals surface area contributed by atoms with Crippen molar-refractivity contribution < 1.29 is 18.8 Å². The second kappa shape index (κ2) is 9.18. The van der Waals surface area contributed by atoms with Crippen molar-refractivity contribution in [1.29, 1.82) is 0 Å². The van der Waals surface area contributed by atoms with Crippen LogP contribution in [0.15, 0.2) is 64.0 Å². The molecule has 0 saturated heterocycles. The molecule has 0 spiro atoms. The van der Waals surface area contributed by atoms with Crippen molar-refractivity contribution in [3.05, 3.63) is 71.9 Å². The number of esters is 1. The Hall–Kier alpha value is -3.13. The average Bonchev–Trinajstić information content (AvgIpc) is 3.15. The number of rotatable bonds is 7. The van der Waals surface area contributed by atoms with Gasteiger partial charge in [-0.3, -0.25) is 4.79 Å². The number of thioether (sulfide) groups is 1. The van der Waals surface area contributed by atoms with Gasteiger partial charge in [-0.05, 0) is 31.2 Å². The van der Waals surface area contributed by atoms with Crippen molar-refractivity contribution in [2.75, 3.05) is 18.6 Å². The van der Waals surface area contributed by atoms with Crippen LogP contribution < -0.4 is 4.90 Å². The van der Waals surface area contributed by atoms with Gasteiger partial charge in [-0.15, -0.1) is 11.8 Å². The minimum Gasteiger partial charge on any atom is -0.452 e. The van der Waals surface area contributed by atoms with Crippen molar-refractivity contribution in [2.45, 2.75) is 17.6 Å². The zero-order valence-corrected chi connectivity index (χ0v) is 16.3. The first-order valence-corrected chi connectivity index (χ1v) is 9.53. The molecule has 3 rings (SSSR count). The maximum absolute atomic E-state index is 12.5. The maximum atomic E-state index is 12.5. The largest absolute Gasteiger partial charge is 0.452 e. The van der Waals surface area contributed by atoms with Gasteiger partial charge in [0.2, 0.25) is 5.89 Å². The number of anilines is 1. The maximum Gasteiger partial charge on any atom is 0.339 e. The molecule has 7 nitrogen and oxygen atoms in total. The molecule has 0 atom stereocenters. The first-order chi connectivity index (χ1) is 13.5. The first kappa shape index (κ1) is 19.6. The Balaban J connectivity index is 1.60. The van der Waals surface area contributed by atoms with E-state index in [4.69, 9.17) is 9.26 Å². The van der Waals surface area contributed by atoms with Gasteiger partial charge in [-0.2, -0.15) is 4.98 Å². The number of hydrogen-bond donors (Lipinski definition) is 0. The number of carbonyl (C=O) groups is 2. The van der Waals surface area contributed by atoms with Gasteiger partial charge in [0.25, 0.3) is 5.91 Å². The van der Waals surface area contributed by atoms with Gasteiger partial charge in [0.1, 0.15) is 0 Å². The van der Waals surface area contributed by atoms with E-state index in [-0.39, 0.29) is 12.5 Å². The Morgan fingerprint density at radius 1 is 1.11 bits per heavy atom. The van der Waals surface area contributed by atoms with Crippen LogP contribution in [-0.2, 0) is 15.3 Å². The average molecular weight is 397 g/mol. The molecule has 1 heterocycles. The molecule has 2 aromatic carbocycles. The molecule has 3 aromatic rings. The molecule has 0 N–H and O–H groups in total. The number of amides is 1. The molecule has 0 aliphatic rings. The Morgan fingerprint density at radius 3 is 2.54 bits per heavy atom. The number of aromatic nitrogens is 2. The standard InChI is InChI=1S/C20H19N3O4S/c1-14-21-18(27-22-14)13-28-17-11-7-6-10-16(17)20(25)26-12-19(24)23(2)15-8-4-3-5-9-15/h3-11H,12-13H2,1-2H3. The van der Waals surface area contributed by atoms with E-state index in [1.54, 1.807) is 26.1 Å². The summed E-state index contributed by atoms with van der Waals surface area (Å²) >= 11 is 1.39. The second-order valence-electron chi connectivity index (χ2n) is 5.88. The van der Waals surface area contributed by atoms with Crippen LogP contribution in [-0.4, -0.2) is 35.7 Å². The molecule has 0 unspecified atom stereocenters. The molecule has 1 aromatic heterocycles. The molecule has 28 heavy (non-hydrogen) atoms. The molecule has 0 aliphatic heterocycles. The first-order valence-electron chi connectivity index (χ1n) is 8.54. The summed E-state index contributed by atoms with van der Waals surface area (Å²) in [6, 6.07) is 16.2. The van der Waals surface area contributed by atoms with Crippen molar-refractivity contribution >= 4 is 29.3 Å². The van der Waals surface area contributed by atoms with Crippen molar-refractivity contribution in [3.8, 4) is 0 Å². The van der Waals surface area contributed by atoms with Crippen LogP contribution in [0.5, 0.6) is 0 Å². The highest BCUT2D eigenvalue weighted by Crippen LogP contribution is 2.26.